The van der Waals surface area contributed by atoms with E-state index in [0.717, 1.165) is 12.8 Å². The Bertz CT molecular complexity index is 592. The third-order valence-corrected chi connectivity index (χ3v) is 3.64. The van der Waals surface area contributed by atoms with Crippen LogP contribution in [-0.2, 0) is 4.79 Å². The first-order valence-electron chi connectivity index (χ1n) is 7.24. The predicted octanol–water partition coefficient (Wildman–Crippen LogP) is 1.32. The molecular formula is C16H19N3O3. The highest BCUT2D eigenvalue weighted by atomic mass is 16.3. The van der Waals surface area contributed by atoms with E-state index >= 15 is 0 Å². The zero-order valence-corrected chi connectivity index (χ0v) is 12.4. The summed E-state index contributed by atoms with van der Waals surface area (Å²) < 4.78 is 5.42. The molecule has 22 heavy (non-hydrogen) atoms. The van der Waals surface area contributed by atoms with Gasteiger partial charge in [-0.1, -0.05) is 6.58 Å². The van der Waals surface area contributed by atoms with Crippen LogP contribution >= 0.6 is 0 Å². The van der Waals surface area contributed by atoms with Crippen molar-refractivity contribution in [3.05, 3.63) is 30.5 Å². The Balaban J connectivity index is 1.90. The third-order valence-electron chi connectivity index (χ3n) is 3.64. The van der Waals surface area contributed by atoms with Crippen LogP contribution in [0.4, 0.5) is 0 Å². The molecule has 1 aliphatic heterocycles. The van der Waals surface area contributed by atoms with Crippen molar-refractivity contribution >= 4 is 11.8 Å². The van der Waals surface area contributed by atoms with Crippen molar-refractivity contribution in [1.82, 2.24) is 15.2 Å². The van der Waals surface area contributed by atoms with E-state index in [-0.39, 0.29) is 23.4 Å². The lowest BCUT2D eigenvalue weighted by atomic mass is 9.97. The highest BCUT2D eigenvalue weighted by molar-refractivity contribution is 5.91. The molecule has 1 aromatic heterocycles. The minimum absolute atomic E-state index is 0.0561. The number of rotatable bonds is 5. The number of carbonyl (C=O) groups is 2. The number of terminal acetylenes is 1. The molecule has 0 unspecified atom stereocenters. The zero-order chi connectivity index (χ0) is 15.9. The topological polar surface area (TPSA) is 75.4 Å². The minimum atomic E-state index is -0.287. The van der Waals surface area contributed by atoms with Gasteiger partial charge >= 0.3 is 0 Å². The quantitative estimate of drug-likeness (QED) is 0.505. The summed E-state index contributed by atoms with van der Waals surface area (Å²) in [6.45, 7) is 5.18. The maximum absolute atomic E-state index is 11.8. The smallest absolute Gasteiger partial charge is 0.273 e. The van der Waals surface area contributed by atoms with Gasteiger partial charge in [-0.15, -0.1) is 12.3 Å². The molecule has 2 heterocycles. The Morgan fingerprint density at radius 1 is 1.55 bits per heavy atom. The van der Waals surface area contributed by atoms with Gasteiger partial charge in [0.15, 0.2) is 11.6 Å². The van der Waals surface area contributed by atoms with Crippen LogP contribution in [0.25, 0.3) is 0 Å². The molecule has 2 amide bonds. The average molecular weight is 301 g/mol. The summed E-state index contributed by atoms with van der Waals surface area (Å²) in [5.41, 5.74) is 0.261. The van der Waals surface area contributed by atoms with E-state index in [2.05, 4.69) is 22.8 Å². The number of piperidine rings is 1. The van der Waals surface area contributed by atoms with Gasteiger partial charge in [0.2, 0.25) is 5.91 Å². The lowest BCUT2D eigenvalue weighted by Crippen LogP contribution is -2.36. The molecule has 0 spiro atoms. The Morgan fingerprint density at radius 3 is 2.91 bits per heavy atom. The summed E-state index contributed by atoms with van der Waals surface area (Å²) >= 11 is 0. The molecule has 1 N–H and O–H groups in total. The van der Waals surface area contributed by atoms with Crippen molar-refractivity contribution in [3.8, 4) is 12.3 Å². The van der Waals surface area contributed by atoms with Crippen molar-refractivity contribution in [2.24, 2.45) is 0 Å². The molecule has 0 aliphatic carbocycles. The van der Waals surface area contributed by atoms with Gasteiger partial charge in [-0.2, -0.15) is 0 Å². The maximum Gasteiger partial charge on any atom is 0.273 e. The highest BCUT2D eigenvalue weighted by Gasteiger charge is 2.26. The van der Waals surface area contributed by atoms with Crippen LogP contribution in [0.1, 0.15) is 41.6 Å². The molecule has 0 atom stereocenters. The molecule has 6 nitrogen and oxygen atoms in total. The number of carbonyl (C=O) groups excluding carboxylic acids is 2. The minimum Gasteiger partial charge on any atom is -0.448 e. The molecule has 6 heteroatoms. The van der Waals surface area contributed by atoms with E-state index in [0.29, 0.717) is 31.9 Å². The molecule has 1 aromatic rings. The lowest BCUT2D eigenvalue weighted by Gasteiger charge is -2.29. The molecule has 116 valence electrons. The molecule has 0 aromatic carbocycles. The Hall–Kier alpha value is -2.55. The van der Waals surface area contributed by atoms with Crippen LogP contribution in [0.5, 0.6) is 0 Å². The second kappa shape index (κ2) is 7.46. The van der Waals surface area contributed by atoms with Crippen LogP contribution in [0.15, 0.2) is 23.3 Å². The summed E-state index contributed by atoms with van der Waals surface area (Å²) in [6, 6.07) is 0. The van der Waals surface area contributed by atoms with E-state index < -0.39 is 0 Å². The van der Waals surface area contributed by atoms with E-state index in [9.17, 15) is 9.59 Å². The molecule has 1 fully saturated rings. The van der Waals surface area contributed by atoms with E-state index in [4.69, 9.17) is 10.8 Å². The summed E-state index contributed by atoms with van der Waals surface area (Å²) in [5.74, 6) is 2.78. The maximum atomic E-state index is 11.8. The fourth-order valence-corrected chi connectivity index (χ4v) is 2.39. The fourth-order valence-electron chi connectivity index (χ4n) is 2.39. The van der Waals surface area contributed by atoms with Gasteiger partial charge < -0.3 is 14.6 Å². The molecule has 0 radical (unpaired) electrons. The van der Waals surface area contributed by atoms with Crippen LogP contribution < -0.4 is 5.32 Å². The monoisotopic (exact) mass is 301 g/mol. The van der Waals surface area contributed by atoms with Crippen LogP contribution in [0.2, 0.25) is 0 Å². The van der Waals surface area contributed by atoms with Crippen molar-refractivity contribution in [2.75, 3.05) is 19.6 Å². The number of hydrogen-bond donors (Lipinski definition) is 1. The second-order valence-corrected chi connectivity index (χ2v) is 5.08. The van der Waals surface area contributed by atoms with Gasteiger partial charge in [0.25, 0.3) is 5.91 Å². The fraction of sp³-hybridized carbons (Fsp3) is 0.438. The van der Waals surface area contributed by atoms with Gasteiger partial charge in [0.05, 0.1) is 0 Å². The Labute approximate surface area is 129 Å². The van der Waals surface area contributed by atoms with Crippen LogP contribution in [0, 0.1) is 12.3 Å². The van der Waals surface area contributed by atoms with Crippen LogP contribution in [0.3, 0.4) is 0 Å². The third kappa shape index (κ3) is 3.76. The summed E-state index contributed by atoms with van der Waals surface area (Å²) in [7, 11) is 0. The summed E-state index contributed by atoms with van der Waals surface area (Å²) in [5, 5.41) is 2.68. The van der Waals surface area contributed by atoms with E-state index in [1.165, 1.54) is 12.3 Å². The van der Waals surface area contributed by atoms with E-state index in [1.54, 1.807) is 4.90 Å². The van der Waals surface area contributed by atoms with Crippen molar-refractivity contribution < 1.29 is 14.0 Å². The number of aromatic nitrogens is 1. The molecular weight excluding hydrogens is 282 g/mol. The second-order valence-electron chi connectivity index (χ2n) is 5.08. The van der Waals surface area contributed by atoms with Gasteiger partial charge in [-0.25, -0.2) is 4.98 Å². The number of amides is 2. The number of hydrogen-bond acceptors (Lipinski definition) is 4. The number of likely N-dealkylation sites (tertiary alicyclic amines) is 1. The Morgan fingerprint density at radius 2 is 2.27 bits per heavy atom. The lowest BCUT2D eigenvalue weighted by molar-refractivity contribution is -0.127. The first-order chi connectivity index (χ1) is 10.7. The Kier molecular flexibility index (Phi) is 5.37. The number of nitrogens with one attached hydrogen (secondary N) is 1. The number of nitrogens with zero attached hydrogens (tertiary/aromatic N) is 2. The molecule has 1 saturated heterocycles. The predicted molar refractivity (Wildman–Crippen MR) is 81.0 cm³/mol. The molecule has 0 bridgehead atoms. The van der Waals surface area contributed by atoms with Crippen molar-refractivity contribution in [2.45, 2.75) is 25.2 Å². The van der Waals surface area contributed by atoms with Crippen LogP contribution in [-0.4, -0.2) is 41.3 Å². The van der Waals surface area contributed by atoms with E-state index in [1.807, 2.05) is 0 Å². The standard InChI is InChI=1S/C16H19N3O3/c1-3-5-8-17-15(21)13-11-22-16(18-13)12-6-9-19(10-7-12)14(20)4-2/h1,4,11-12H,2,5-10H2,(H,17,21). The molecule has 2 rings (SSSR count). The van der Waals surface area contributed by atoms with Crippen molar-refractivity contribution in [1.29, 1.82) is 0 Å². The average Bonchev–Trinajstić information content (AvgIpc) is 3.04. The summed E-state index contributed by atoms with van der Waals surface area (Å²) in [4.78, 5) is 29.4. The summed E-state index contributed by atoms with van der Waals surface area (Å²) in [6.07, 6.45) is 9.82. The molecule has 1 aliphatic rings. The first-order valence-corrected chi connectivity index (χ1v) is 7.24. The molecule has 0 saturated carbocycles. The normalized spacial score (nSPS) is 15.1. The largest absolute Gasteiger partial charge is 0.448 e. The number of oxazole rings is 1. The van der Waals surface area contributed by atoms with Gasteiger partial charge in [-0.05, 0) is 18.9 Å². The highest BCUT2D eigenvalue weighted by Crippen LogP contribution is 2.27. The van der Waals surface area contributed by atoms with Crippen molar-refractivity contribution in [3.63, 3.8) is 0 Å². The zero-order valence-electron chi connectivity index (χ0n) is 12.4. The van der Waals surface area contributed by atoms with Gasteiger partial charge in [0, 0.05) is 32.0 Å². The van der Waals surface area contributed by atoms with Gasteiger partial charge in [0.1, 0.15) is 6.26 Å². The first kappa shape index (κ1) is 15.8. The van der Waals surface area contributed by atoms with Gasteiger partial charge in [-0.3, -0.25) is 9.59 Å². The SMILES string of the molecule is C#CCCNC(=O)c1coc(C2CCN(C(=O)C=C)CC2)n1.